The largest absolute Gasteiger partial charge is 0.347 e. The lowest BCUT2D eigenvalue weighted by Crippen LogP contribution is -2.24. The SMILES string of the molecule is O=C(NCc1ccncc1)c1cc(Nc2ccccc2)ncn1. The molecule has 3 aromatic rings. The molecule has 1 amide bonds. The lowest BCUT2D eigenvalue weighted by atomic mass is 10.2. The van der Waals surface area contributed by atoms with Crippen LogP contribution in [0.15, 0.2) is 67.3 Å². The van der Waals surface area contributed by atoms with Gasteiger partial charge in [0.2, 0.25) is 0 Å². The molecule has 0 spiro atoms. The van der Waals surface area contributed by atoms with Gasteiger partial charge in [-0.15, -0.1) is 0 Å². The normalized spacial score (nSPS) is 10.1. The zero-order valence-corrected chi connectivity index (χ0v) is 12.3. The van der Waals surface area contributed by atoms with Crippen molar-refractivity contribution in [3.63, 3.8) is 0 Å². The number of para-hydroxylation sites is 1. The summed E-state index contributed by atoms with van der Waals surface area (Å²) >= 11 is 0. The van der Waals surface area contributed by atoms with Crippen LogP contribution in [-0.4, -0.2) is 20.9 Å². The maximum atomic E-state index is 12.2. The predicted octanol–water partition coefficient (Wildman–Crippen LogP) is 2.55. The third-order valence-corrected chi connectivity index (χ3v) is 3.15. The smallest absolute Gasteiger partial charge is 0.270 e. The molecule has 0 aliphatic carbocycles. The fourth-order valence-electron chi connectivity index (χ4n) is 1.99. The Morgan fingerprint density at radius 3 is 2.57 bits per heavy atom. The van der Waals surface area contributed by atoms with E-state index in [4.69, 9.17) is 0 Å². The van der Waals surface area contributed by atoms with Crippen LogP contribution in [0.2, 0.25) is 0 Å². The van der Waals surface area contributed by atoms with Crippen LogP contribution in [0.4, 0.5) is 11.5 Å². The highest BCUT2D eigenvalue weighted by Crippen LogP contribution is 2.13. The Morgan fingerprint density at radius 2 is 1.78 bits per heavy atom. The van der Waals surface area contributed by atoms with Crippen LogP contribution in [-0.2, 0) is 6.54 Å². The second-order valence-corrected chi connectivity index (χ2v) is 4.82. The maximum absolute atomic E-state index is 12.2. The summed E-state index contributed by atoms with van der Waals surface area (Å²) < 4.78 is 0. The molecule has 6 nitrogen and oxygen atoms in total. The van der Waals surface area contributed by atoms with Crippen molar-refractivity contribution in [1.29, 1.82) is 0 Å². The molecule has 0 aliphatic rings. The van der Waals surface area contributed by atoms with Gasteiger partial charge in [0.15, 0.2) is 0 Å². The van der Waals surface area contributed by atoms with Gasteiger partial charge in [0, 0.05) is 30.7 Å². The summed E-state index contributed by atoms with van der Waals surface area (Å²) in [5, 5.41) is 5.96. The van der Waals surface area contributed by atoms with Gasteiger partial charge < -0.3 is 10.6 Å². The zero-order chi connectivity index (χ0) is 15.9. The highest BCUT2D eigenvalue weighted by atomic mass is 16.1. The molecule has 3 rings (SSSR count). The van der Waals surface area contributed by atoms with E-state index in [9.17, 15) is 4.79 Å². The first-order valence-corrected chi connectivity index (χ1v) is 7.12. The Balaban J connectivity index is 1.65. The van der Waals surface area contributed by atoms with E-state index < -0.39 is 0 Å². The Morgan fingerprint density at radius 1 is 1.00 bits per heavy atom. The van der Waals surface area contributed by atoms with Crippen LogP contribution in [0.25, 0.3) is 0 Å². The van der Waals surface area contributed by atoms with E-state index in [1.54, 1.807) is 18.5 Å². The number of carbonyl (C=O) groups excluding carboxylic acids is 1. The van der Waals surface area contributed by atoms with E-state index in [0.717, 1.165) is 11.3 Å². The molecule has 0 saturated heterocycles. The summed E-state index contributed by atoms with van der Waals surface area (Å²) in [6.45, 7) is 0.423. The molecule has 2 aromatic heterocycles. The van der Waals surface area contributed by atoms with E-state index in [2.05, 4.69) is 25.6 Å². The minimum Gasteiger partial charge on any atom is -0.347 e. The van der Waals surface area contributed by atoms with E-state index >= 15 is 0 Å². The average Bonchev–Trinajstić information content (AvgIpc) is 2.62. The second-order valence-electron chi connectivity index (χ2n) is 4.82. The third-order valence-electron chi connectivity index (χ3n) is 3.15. The second kappa shape index (κ2) is 7.13. The number of pyridine rings is 1. The number of aromatic nitrogens is 3. The van der Waals surface area contributed by atoms with Gasteiger partial charge in [0.25, 0.3) is 5.91 Å². The van der Waals surface area contributed by atoms with Crippen molar-refractivity contribution in [2.75, 3.05) is 5.32 Å². The van der Waals surface area contributed by atoms with Gasteiger partial charge in [-0.25, -0.2) is 9.97 Å². The van der Waals surface area contributed by atoms with Gasteiger partial charge in [0.05, 0.1) is 0 Å². The summed E-state index contributed by atoms with van der Waals surface area (Å²) in [7, 11) is 0. The van der Waals surface area contributed by atoms with Crippen molar-refractivity contribution in [3.05, 3.63) is 78.5 Å². The Bertz CT molecular complexity index is 777. The summed E-state index contributed by atoms with van der Waals surface area (Å²) in [6.07, 6.45) is 4.74. The van der Waals surface area contributed by atoms with Crippen LogP contribution in [0.3, 0.4) is 0 Å². The predicted molar refractivity (Wildman–Crippen MR) is 87.2 cm³/mol. The van der Waals surface area contributed by atoms with E-state index in [1.807, 2.05) is 42.5 Å². The van der Waals surface area contributed by atoms with Gasteiger partial charge in [0.1, 0.15) is 17.8 Å². The minimum atomic E-state index is -0.250. The highest BCUT2D eigenvalue weighted by molar-refractivity contribution is 5.92. The number of rotatable bonds is 5. The van der Waals surface area contributed by atoms with Gasteiger partial charge in [-0.2, -0.15) is 0 Å². The van der Waals surface area contributed by atoms with Gasteiger partial charge in [-0.3, -0.25) is 9.78 Å². The molecule has 6 heteroatoms. The van der Waals surface area contributed by atoms with Crippen molar-refractivity contribution in [2.24, 2.45) is 0 Å². The van der Waals surface area contributed by atoms with Crippen molar-refractivity contribution < 1.29 is 4.79 Å². The number of nitrogens with one attached hydrogen (secondary N) is 2. The number of anilines is 2. The molecule has 114 valence electrons. The first-order valence-electron chi connectivity index (χ1n) is 7.12. The van der Waals surface area contributed by atoms with Crippen LogP contribution in [0.5, 0.6) is 0 Å². The molecular weight excluding hydrogens is 290 g/mol. The Labute approximate surface area is 133 Å². The standard InChI is InChI=1S/C17H15N5O/c23-17(19-11-13-6-8-18-9-7-13)15-10-16(21-12-20-15)22-14-4-2-1-3-5-14/h1-10,12H,11H2,(H,19,23)(H,20,21,22). The fraction of sp³-hybridized carbons (Fsp3) is 0.0588. The molecular formula is C17H15N5O. The molecule has 0 radical (unpaired) electrons. The number of carbonyl (C=O) groups is 1. The molecule has 0 aliphatic heterocycles. The molecule has 2 N–H and O–H groups in total. The van der Waals surface area contributed by atoms with E-state index in [-0.39, 0.29) is 5.91 Å². The molecule has 0 atom stereocenters. The minimum absolute atomic E-state index is 0.250. The number of hydrogen-bond acceptors (Lipinski definition) is 5. The molecule has 0 bridgehead atoms. The summed E-state index contributed by atoms with van der Waals surface area (Å²) in [6, 6.07) is 14.9. The average molecular weight is 305 g/mol. The Hall–Kier alpha value is -3.28. The van der Waals surface area contributed by atoms with Crippen LogP contribution in [0, 0.1) is 0 Å². The van der Waals surface area contributed by atoms with Crippen molar-refractivity contribution in [3.8, 4) is 0 Å². The lowest BCUT2D eigenvalue weighted by Gasteiger charge is -2.07. The van der Waals surface area contributed by atoms with Crippen LogP contribution < -0.4 is 10.6 Å². The van der Waals surface area contributed by atoms with Gasteiger partial charge >= 0.3 is 0 Å². The molecule has 2 heterocycles. The van der Waals surface area contributed by atoms with E-state index in [0.29, 0.717) is 18.1 Å². The summed E-state index contributed by atoms with van der Waals surface area (Å²) in [5.41, 5.74) is 2.19. The topological polar surface area (TPSA) is 79.8 Å². The quantitative estimate of drug-likeness (QED) is 0.757. The number of benzene rings is 1. The monoisotopic (exact) mass is 305 g/mol. The number of amides is 1. The van der Waals surface area contributed by atoms with Crippen LogP contribution >= 0.6 is 0 Å². The molecule has 0 fully saturated rings. The van der Waals surface area contributed by atoms with Crippen molar-refractivity contribution in [1.82, 2.24) is 20.3 Å². The maximum Gasteiger partial charge on any atom is 0.270 e. The number of hydrogen-bond donors (Lipinski definition) is 2. The molecule has 0 saturated carbocycles. The molecule has 23 heavy (non-hydrogen) atoms. The first kappa shape index (κ1) is 14.6. The van der Waals surface area contributed by atoms with Crippen molar-refractivity contribution >= 4 is 17.4 Å². The van der Waals surface area contributed by atoms with Crippen molar-refractivity contribution in [2.45, 2.75) is 6.54 Å². The highest BCUT2D eigenvalue weighted by Gasteiger charge is 2.08. The first-order chi connectivity index (χ1) is 11.3. The van der Waals surface area contributed by atoms with E-state index in [1.165, 1.54) is 6.33 Å². The molecule has 1 aromatic carbocycles. The molecule has 0 unspecified atom stereocenters. The lowest BCUT2D eigenvalue weighted by molar-refractivity contribution is 0.0946. The summed E-state index contributed by atoms with van der Waals surface area (Å²) in [5.74, 6) is 0.320. The van der Waals surface area contributed by atoms with Gasteiger partial charge in [-0.05, 0) is 29.8 Å². The number of nitrogens with zero attached hydrogens (tertiary/aromatic N) is 3. The zero-order valence-electron chi connectivity index (χ0n) is 12.3. The Kier molecular flexibility index (Phi) is 4.54. The third kappa shape index (κ3) is 4.10. The summed E-state index contributed by atoms with van der Waals surface area (Å²) in [4.78, 5) is 24.3. The fourth-order valence-corrected chi connectivity index (χ4v) is 1.99. The van der Waals surface area contributed by atoms with Crippen LogP contribution in [0.1, 0.15) is 16.1 Å². The van der Waals surface area contributed by atoms with Gasteiger partial charge in [-0.1, -0.05) is 18.2 Å².